The fourth-order valence-electron chi connectivity index (χ4n) is 5.59. The van der Waals surface area contributed by atoms with Gasteiger partial charge in [-0.15, -0.1) is 0 Å². The van der Waals surface area contributed by atoms with Gasteiger partial charge in [-0.2, -0.15) is 13.8 Å². The Morgan fingerprint density at radius 2 is 1.31 bits per heavy atom. The minimum absolute atomic E-state index is 0.0786. The molecule has 228 valence electrons. The van der Waals surface area contributed by atoms with Gasteiger partial charge in [0.1, 0.15) is 17.5 Å². The summed E-state index contributed by atoms with van der Waals surface area (Å²) in [6.45, 7) is -0.450. The summed E-state index contributed by atoms with van der Waals surface area (Å²) in [6, 6.07) is 37.1. The Hall–Kier alpha value is -5.19. The van der Waals surface area contributed by atoms with Crippen molar-refractivity contribution in [2.75, 3.05) is 12.3 Å². The zero-order valence-electron chi connectivity index (χ0n) is 23.9. The third-order valence-electron chi connectivity index (χ3n) is 7.70. The van der Waals surface area contributed by atoms with E-state index in [-0.39, 0.29) is 11.4 Å². The Labute approximate surface area is 257 Å². The molecule has 5 aromatic rings. The number of alkyl halides is 2. The molecule has 2 heterocycles. The molecular formula is C35H29F2N3O5. The van der Waals surface area contributed by atoms with E-state index in [1.807, 2.05) is 91.0 Å². The number of esters is 1. The molecule has 1 aliphatic heterocycles. The summed E-state index contributed by atoms with van der Waals surface area (Å²) in [5.41, 5.74) is 5.58. The third-order valence-corrected chi connectivity index (χ3v) is 7.70. The fraction of sp³-hybridized carbons (Fsp3) is 0.171. The highest BCUT2D eigenvalue weighted by Crippen LogP contribution is 2.46. The molecule has 1 saturated heterocycles. The quantitative estimate of drug-likeness (QED) is 0.172. The molecule has 10 heteroatoms. The number of nitrogens with zero attached hydrogens (tertiary/aromatic N) is 2. The lowest BCUT2D eigenvalue weighted by molar-refractivity contribution is -0.143. The van der Waals surface area contributed by atoms with Crippen LogP contribution < -0.4 is 11.4 Å². The van der Waals surface area contributed by atoms with Crippen molar-refractivity contribution in [3.05, 3.63) is 166 Å². The fourth-order valence-corrected chi connectivity index (χ4v) is 5.59. The van der Waals surface area contributed by atoms with E-state index >= 15 is 8.78 Å². The molecule has 0 amide bonds. The van der Waals surface area contributed by atoms with Gasteiger partial charge in [0.25, 0.3) is 0 Å². The zero-order valence-corrected chi connectivity index (χ0v) is 23.9. The minimum atomic E-state index is -3.87. The number of aromatic nitrogens is 2. The number of hydrogen-bond acceptors (Lipinski definition) is 7. The molecule has 2 N–H and O–H groups in total. The van der Waals surface area contributed by atoms with Crippen LogP contribution in [0.1, 0.15) is 33.3 Å². The SMILES string of the molecule is Nc1ccn([C@@H]2O[C@@H](COC(c3ccccc3)(c3ccccc3)c3ccccc3)[C@@H](OC(=O)c3ccccc3)C2(F)F)c(=O)n1. The number of anilines is 1. The van der Waals surface area contributed by atoms with Gasteiger partial charge in [0.05, 0.1) is 12.2 Å². The maximum absolute atomic E-state index is 16.3. The van der Waals surface area contributed by atoms with Crippen LogP contribution >= 0.6 is 0 Å². The second-order valence-corrected chi connectivity index (χ2v) is 10.5. The molecule has 0 spiro atoms. The molecule has 4 aromatic carbocycles. The zero-order chi connectivity index (χ0) is 31.4. The molecule has 1 aliphatic rings. The van der Waals surface area contributed by atoms with Crippen LogP contribution in [-0.2, 0) is 19.8 Å². The Morgan fingerprint density at radius 1 is 0.822 bits per heavy atom. The van der Waals surface area contributed by atoms with Crippen molar-refractivity contribution >= 4 is 11.8 Å². The number of hydrogen-bond donors (Lipinski definition) is 1. The van der Waals surface area contributed by atoms with Gasteiger partial charge >= 0.3 is 17.6 Å². The van der Waals surface area contributed by atoms with Crippen LogP contribution in [0, 0.1) is 0 Å². The van der Waals surface area contributed by atoms with E-state index in [4.69, 9.17) is 19.9 Å². The lowest BCUT2D eigenvalue weighted by atomic mass is 9.80. The number of carbonyl (C=O) groups excluding carboxylic acids is 1. The molecule has 1 aromatic heterocycles. The van der Waals surface area contributed by atoms with E-state index in [1.54, 1.807) is 18.2 Å². The smallest absolute Gasteiger partial charge is 0.351 e. The molecule has 0 radical (unpaired) electrons. The second kappa shape index (κ2) is 12.4. The molecular weight excluding hydrogens is 580 g/mol. The first kappa shape index (κ1) is 29.9. The number of carbonyl (C=O) groups is 1. The highest BCUT2D eigenvalue weighted by Gasteiger charge is 2.63. The molecule has 8 nitrogen and oxygen atoms in total. The number of ether oxygens (including phenoxy) is 3. The Kier molecular flexibility index (Phi) is 8.25. The van der Waals surface area contributed by atoms with Crippen molar-refractivity contribution < 1.29 is 27.8 Å². The Balaban J connectivity index is 1.43. The molecule has 6 rings (SSSR count). The topological polar surface area (TPSA) is 106 Å². The maximum Gasteiger partial charge on any atom is 0.351 e. The van der Waals surface area contributed by atoms with Gasteiger partial charge in [-0.3, -0.25) is 4.57 Å². The van der Waals surface area contributed by atoms with Crippen LogP contribution in [0.15, 0.2) is 138 Å². The Bertz CT molecular complexity index is 1710. The summed E-state index contributed by atoms with van der Waals surface area (Å²) in [4.78, 5) is 29.3. The van der Waals surface area contributed by atoms with Gasteiger partial charge in [0, 0.05) is 6.20 Å². The number of nitrogens with two attached hydrogens (primary N) is 1. The monoisotopic (exact) mass is 609 g/mol. The van der Waals surface area contributed by atoms with E-state index in [2.05, 4.69) is 4.98 Å². The van der Waals surface area contributed by atoms with Crippen molar-refractivity contribution in [1.82, 2.24) is 9.55 Å². The molecule has 45 heavy (non-hydrogen) atoms. The van der Waals surface area contributed by atoms with Crippen LogP contribution in [0.2, 0.25) is 0 Å². The first-order valence-electron chi connectivity index (χ1n) is 14.2. The summed E-state index contributed by atoms with van der Waals surface area (Å²) in [5, 5.41) is 0. The van der Waals surface area contributed by atoms with E-state index in [1.165, 1.54) is 18.2 Å². The van der Waals surface area contributed by atoms with Crippen LogP contribution in [0.3, 0.4) is 0 Å². The van der Waals surface area contributed by atoms with E-state index in [0.29, 0.717) is 4.57 Å². The average Bonchev–Trinajstić information content (AvgIpc) is 3.31. The van der Waals surface area contributed by atoms with Crippen LogP contribution in [-0.4, -0.2) is 40.3 Å². The standard InChI is InChI=1S/C35H29F2N3O5/c36-35(37)30(45-31(41)24-13-5-1-6-14-24)28(44-32(35)40-22-21-29(38)39-33(40)42)23-43-34(25-15-7-2-8-16-25,26-17-9-3-10-18-26)27-19-11-4-12-20-27/h1-22,28,30,32H,23H2,(H2,38,39,42)/t28-,30+,32+/m0/s1. The number of nitrogen functional groups attached to an aromatic ring is 1. The minimum Gasteiger partial charge on any atom is -0.449 e. The summed E-state index contributed by atoms with van der Waals surface area (Å²) in [5.74, 6) is -4.98. The van der Waals surface area contributed by atoms with E-state index in [9.17, 15) is 9.59 Å². The normalized spacial score (nSPS) is 19.2. The summed E-state index contributed by atoms with van der Waals surface area (Å²) in [7, 11) is 0. The van der Waals surface area contributed by atoms with Crippen molar-refractivity contribution in [1.29, 1.82) is 0 Å². The predicted octanol–water partition coefficient (Wildman–Crippen LogP) is 5.59. The highest BCUT2D eigenvalue weighted by molar-refractivity contribution is 5.89. The largest absolute Gasteiger partial charge is 0.449 e. The van der Waals surface area contributed by atoms with Crippen molar-refractivity contribution in [2.24, 2.45) is 0 Å². The molecule has 3 atom stereocenters. The summed E-state index contributed by atoms with van der Waals surface area (Å²) < 4.78 is 51.3. The van der Waals surface area contributed by atoms with Crippen LogP contribution in [0.5, 0.6) is 0 Å². The van der Waals surface area contributed by atoms with Crippen LogP contribution in [0.25, 0.3) is 0 Å². The molecule has 0 bridgehead atoms. The Morgan fingerprint density at radius 3 is 1.80 bits per heavy atom. The molecule has 1 fully saturated rings. The summed E-state index contributed by atoms with van der Waals surface area (Å²) in [6.07, 6.45) is -4.71. The molecule has 0 saturated carbocycles. The highest BCUT2D eigenvalue weighted by atomic mass is 19.3. The van der Waals surface area contributed by atoms with Gasteiger partial charge in [-0.05, 0) is 34.9 Å². The van der Waals surface area contributed by atoms with Crippen LogP contribution in [0.4, 0.5) is 14.6 Å². The number of halogens is 2. The van der Waals surface area contributed by atoms with Gasteiger partial charge in [0.15, 0.2) is 6.10 Å². The second-order valence-electron chi connectivity index (χ2n) is 10.5. The third kappa shape index (κ3) is 5.73. The molecule has 0 unspecified atom stereocenters. The lowest BCUT2D eigenvalue weighted by Crippen LogP contribution is -2.45. The maximum atomic E-state index is 16.3. The molecule has 0 aliphatic carbocycles. The van der Waals surface area contributed by atoms with Crippen molar-refractivity contribution in [3.63, 3.8) is 0 Å². The van der Waals surface area contributed by atoms with Gasteiger partial charge in [-0.25, -0.2) is 9.59 Å². The van der Waals surface area contributed by atoms with Gasteiger partial charge in [-0.1, -0.05) is 109 Å². The first-order valence-corrected chi connectivity index (χ1v) is 14.2. The van der Waals surface area contributed by atoms with Gasteiger partial charge in [0.2, 0.25) is 6.23 Å². The predicted molar refractivity (Wildman–Crippen MR) is 163 cm³/mol. The lowest BCUT2D eigenvalue weighted by Gasteiger charge is -2.37. The van der Waals surface area contributed by atoms with E-state index in [0.717, 1.165) is 22.9 Å². The number of benzene rings is 4. The van der Waals surface area contributed by atoms with Crippen molar-refractivity contribution in [2.45, 2.75) is 30.0 Å². The van der Waals surface area contributed by atoms with Gasteiger partial charge < -0.3 is 19.9 Å². The average molecular weight is 610 g/mol. The van der Waals surface area contributed by atoms with Crippen molar-refractivity contribution in [3.8, 4) is 0 Å². The first-order chi connectivity index (χ1) is 21.8. The summed E-state index contributed by atoms with van der Waals surface area (Å²) >= 11 is 0. The number of rotatable bonds is 9. The van der Waals surface area contributed by atoms with E-state index < -0.39 is 48.2 Å².